The van der Waals surface area contributed by atoms with Crippen molar-refractivity contribution in [1.82, 2.24) is 19.7 Å². The molecule has 2 atom stereocenters. The van der Waals surface area contributed by atoms with Crippen LogP contribution in [0.15, 0.2) is 24.5 Å². The van der Waals surface area contributed by atoms with E-state index in [4.69, 9.17) is 9.72 Å². The minimum atomic E-state index is -0.492. The number of rotatable bonds is 6. The van der Waals surface area contributed by atoms with Crippen LogP contribution < -0.4 is 4.74 Å². The smallest absolute Gasteiger partial charge is 0.157 e. The Labute approximate surface area is 149 Å². The number of hydrogen-bond acceptors (Lipinski definition) is 5. The lowest BCUT2D eigenvalue weighted by atomic mass is 10.1. The van der Waals surface area contributed by atoms with Crippen molar-refractivity contribution in [3.05, 3.63) is 41.5 Å². The molecule has 1 aliphatic heterocycles. The van der Waals surface area contributed by atoms with Crippen LogP contribution >= 0.6 is 0 Å². The second-order valence-corrected chi connectivity index (χ2v) is 7.08. The van der Waals surface area contributed by atoms with E-state index in [2.05, 4.69) is 42.9 Å². The van der Waals surface area contributed by atoms with Gasteiger partial charge in [0.15, 0.2) is 5.75 Å². The van der Waals surface area contributed by atoms with E-state index in [1.807, 2.05) is 17.8 Å². The molecule has 136 valence electrons. The molecular formula is C19H28N4O2. The molecule has 0 aromatic carbocycles. The number of aryl methyl sites for hydroxylation is 2. The van der Waals surface area contributed by atoms with Crippen LogP contribution in [-0.2, 0) is 13.1 Å². The van der Waals surface area contributed by atoms with Crippen LogP contribution in [0.2, 0.25) is 0 Å². The van der Waals surface area contributed by atoms with E-state index < -0.39 is 6.10 Å². The fourth-order valence-corrected chi connectivity index (χ4v) is 3.17. The topological polar surface area (TPSA) is 63.4 Å². The first-order valence-corrected chi connectivity index (χ1v) is 9.02. The van der Waals surface area contributed by atoms with Gasteiger partial charge in [-0.3, -0.25) is 14.6 Å². The summed E-state index contributed by atoms with van der Waals surface area (Å²) in [5, 5.41) is 14.6. The molecule has 3 rings (SSSR count). The highest BCUT2D eigenvalue weighted by Gasteiger charge is 2.33. The van der Waals surface area contributed by atoms with Gasteiger partial charge >= 0.3 is 0 Å². The van der Waals surface area contributed by atoms with Gasteiger partial charge in [0.1, 0.15) is 12.2 Å². The van der Waals surface area contributed by atoms with Gasteiger partial charge < -0.3 is 9.84 Å². The van der Waals surface area contributed by atoms with Crippen molar-refractivity contribution < 1.29 is 9.84 Å². The first-order chi connectivity index (χ1) is 12.0. The maximum atomic E-state index is 10.3. The summed E-state index contributed by atoms with van der Waals surface area (Å²) in [4.78, 5) is 6.92. The van der Waals surface area contributed by atoms with Crippen LogP contribution in [0.4, 0.5) is 0 Å². The van der Waals surface area contributed by atoms with Gasteiger partial charge in [-0.2, -0.15) is 5.10 Å². The second kappa shape index (κ2) is 7.54. The molecule has 25 heavy (non-hydrogen) atoms. The van der Waals surface area contributed by atoms with Gasteiger partial charge in [-0.1, -0.05) is 19.9 Å². The molecule has 0 aliphatic carbocycles. The zero-order chi connectivity index (χ0) is 18.0. The van der Waals surface area contributed by atoms with E-state index in [1.54, 1.807) is 6.20 Å². The Morgan fingerprint density at radius 3 is 2.76 bits per heavy atom. The Kier molecular flexibility index (Phi) is 5.39. The number of ether oxygens (including phenoxy) is 1. The summed E-state index contributed by atoms with van der Waals surface area (Å²) >= 11 is 0. The highest BCUT2D eigenvalue weighted by Crippen LogP contribution is 2.22. The summed E-state index contributed by atoms with van der Waals surface area (Å²) in [6.45, 7) is 11.3. The van der Waals surface area contributed by atoms with Gasteiger partial charge in [0.05, 0.1) is 12.4 Å². The number of aromatic nitrogens is 3. The van der Waals surface area contributed by atoms with Crippen molar-refractivity contribution in [1.29, 1.82) is 0 Å². The van der Waals surface area contributed by atoms with E-state index >= 15 is 0 Å². The molecule has 0 radical (unpaired) electrons. The zero-order valence-corrected chi connectivity index (χ0v) is 15.5. The molecule has 0 amide bonds. The van der Waals surface area contributed by atoms with Gasteiger partial charge in [0.25, 0.3) is 0 Å². The second-order valence-electron chi connectivity index (χ2n) is 7.08. The van der Waals surface area contributed by atoms with Gasteiger partial charge in [0.2, 0.25) is 0 Å². The van der Waals surface area contributed by atoms with Crippen LogP contribution in [-0.4, -0.2) is 50.1 Å². The highest BCUT2D eigenvalue weighted by molar-refractivity contribution is 5.23. The average molecular weight is 344 g/mol. The van der Waals surface area contributed by atoms with E-state index in [0.717, 1.165) is 24.5 Å². The molecule has 1 saturated heterocycles. The number of β-amino-alcohol motifs (C(OH)–C–C–N with tert-alkyl or cyclic N) is 1. The number of pyridine rings is 1. The lowest BCUT2D eigenvalue weighted by molar-refractivity contribution is 0.0736. The van der Waals surface area contributed by atoms with Crippen molar-refractivity contribution in [2.45, 2.75) is 58.9 Å². The van der Waals surface area contributed by atoms with E-state index in [-0.39, 0.29) is 6.10 Å². The number of likely N-dealkylation sites (tertiary alicyclic amines) is 1. The standard InChI is InChI=1S/C19H28N4O2/c1-5-23-10-16(8-20-23)25-19-12-22(11-18(19)24)9-15-6-7-17(13(2)3)21-14(15)4/h6-8,10,13,18-19,24H,5,9,11-12H2,1-4H3/t18-,19-/m1/s1. The quantitative estimate of drug-likeness (QED) is 0.871. The predicted molar refractivity (Wildman–Crippen MR) is 96.7 cm³/mol. The molecule has 2 aromatic rings. The predicted octanol–water partition coefficient (Wildman–Crippen LogP) is 2.35. The monoisotopic (exact) mass is 344 g/mol. The largest absolute Gasteiger partial charge is 0.483 e. The van der Waals surface area contributed by atoms with Crippen molar-refractivity contribution >= 4 is 0 Å². The summed E-state index contributed by atoms with van der Waals surface area (Å²) in [5.41, 5.74) is 3.39. The minimum Gasteiger partial charge on any atom is -0.483 e. The van der Waals surface area contributed by atoms with E-state index in [1.165, 1.54) is 5.56 Å². The van der Waals surface area contributed by atoms with Gasteiger partial charge in [-0.25, -0.2) is 0 Å². The summed E-state index contributed by atoms with van der Waals surface area (Å²) in [6.07, 6.45) is 2.86. The van der Waals surface area contributed by atoms with Crippen molar-refractivity contribution in [2.24, 2.45) is 0 Å². The maximum absolute atomic E-state index is 10.3. The fraction of sp³-hybridized carbons (Fsp3) is 0.579. The maximum Gasteiger partial charge on any atom is 0.157 e. The lowest BCUT2D eigenvalue weighted by Gasteiger charge is -2.18. The molecule has 0 unspecified atom stereocenters. The normalized spacial score (nSPS) is 21.2. The number of nitrogens with zero attached hydrogens (tertiary/aromatic N) is 4. The Morgan fingerprint density at radius 2 is 2.12 bits per heavy atom. The Balaban J connectivity index is 1.61. The lowest BCUT2D eigenvalue weighted by Crippen LogP contribution is -2.29. The molecule has 6 heteroatoms. The summed E-state index contributed by atoms with van der Waals surface area (Å²) in [7, 11) is 0. The highest BCUT2D eigenvalue weighted by atomic mass is 16.5. The number of aliphatic hydroxyl groups excluding tert-OH is 1. The Hall–Kier alpha value is -1.92. The molecule has 1 N–H and O–H groups in total. The first-order valence-electron chi connectivity index (χ1n) is 9.02. The van der Waals surface area contributed by atoms with Crippen LogP contribution in [0.3, 0.4) is 0 Å². The average Bonchev–Trinajstić information content (AvgIpc) is 3.16. The van der Waals surface area contributed by atoms with Gasteiger partial charge in [-0.05, 0) is 31.4 Å². The van der Waals surface area contributed by atoms with Crippen LogP contribution in [0.1, 0.15) is 43.6 Å². The Bertz CT molecular complexity index is 713. The number of hydrogen-bond donors (Lipinski definition) is 1. The van der Waals surface area contributed by atoms with E-state index in [0.29, 0.717) is 24.8 Å². The van der Waals surface area contributed by atoms with Crippen LogP contribution in [0, 0.1) is 6.92 Å². The van der Waals surface area contributed by atoms with Crippen LogP contribution in [0.5, 0.6) is 5.75 Å². The third kappa shape index (κ3) is 4.19. The van der Waals surface area contributed by atoms with Crippen molar-refractivity contribution in [3.8, 4) is 5.75 Å². The van der Waals surface area contributed by atoms with Crippen LogP contribution in [0.25, 0.3) is 0 Å². The minimum absolute atomic E-state index is 0.224. The van der Waals surface area contributed by atoms with Crippen molar-refractivity contribution in [2.75, 3.05) is 13.1 Å². The zero-order valence-electron chi connectivity index (χ0n) is 15.5. The summed E-state index contributed by atoms with van der Waals surface area (Å²) in [6, 6.07) is 4.26. The first kappa shape index (κ1) is 17.9. The van der Waals surface area contributed by atoms with Gasteiger partial charge in [0, 0.05) is 37.6 Å². The molecule has 1 aliphatic rings. The molecule has 0 saturated carbocycles. The fourth-order valence-electron chi connectivity index (χ4n) is 3.17. The molecule has 0 spiro atoms. The van der Waals surface area contributed by atoms with Crippen molar-refractivity contribution in [3.63, 3.8) is 0 Å². The Morgan fingerprint density at radius 1 is 1.32 bits per heavy atom. The third-order valence-corrected chi connectivity index (χ3v) is 4.74. The van der Waals surface area contributed by atoms with E-state index in [9.17, 15) is 5.11 Å². The summed E-state index contributed by atoms with van der Waals surface area (Å²) < 4.78 is 7.75. The molecule has 6 nitrogen and oxygen atoms in total. The third-order valence-electron chi connectivity index (χ3n) is 4.74. The SMILES string of the molecule is CCn1cc(O[C@@H]2CN(Cc3ccc(C(C)C)nc3C)C[C@H]2O)cn1. The molecular weight excluding hydrogens is 316 g/mol. The molecule has 1 fully saturated rings. The molecule has 2 aromatic heterocycles. The molecule has 3 heterocycles. The molecule has 0 bridgehead atoms. The number of aliphatic hydroxyl groups is 1. The summed E-state index contributed by atoms with van der Waals surface area (Å²) in [5.74, 6) is 1.15. The van der Waals surface area contributed by atoms with Gasteiger partial charge in [-0.15, -0.1) is 0 Å².